The average molecular weight is 170 g/mol. The lowest BCUT2D eigenvalue weighted by atomic mass is 9.82. The lowest BCUT2D eigenvalue weighted by molar-refractivity contribution is 0.400. The van der Waals surface area contributed by atoms with Gasteiger partial charge in [-0.05, 0) is 32.1 Å². The molecule has 0 spiro atoms. The van der Waals surface area contributed by atoms with Gasteiger partial charge in [0.1, 0.15) is 0 Å². The molecule has 11 heavy (non-hydrogen) atoms. The van der Waals surface area contributed by atoms with Gasteiger partial charge in [0.25, 0.3) is 0 Å². The molecule has 0 aromatic carbocycles. The third kappa shape index (κ3) is 2.02. The molecule has 0 saturated heterocycles. The largest absolute Gasteiger partial charge is 0.172 e. The van der Waals surface area contributed by atoms with Crippen molar-refractivity contribution in [2.75, 3.05) is 0 Å². The fourth-order valence-corrected chi connectivity index (χ4v) is 1.70. The molecule has 0 fully saturated rings. The standard InChI is InChI=1S/C10H18S/c1-8(2)10(11)6-4-9(3)5-7-10/h4,8,11H,5-7H2,1-3H3/t10-/m1/s1. The zero-order valence-electron chi connectivity index (χ0n) is 7.72. The molecule has 64 valence electrons. The van der Waals surface area contributed by atoms with Crippen molar-refractivity contribution in [2.45, 2.75) is 44.8 Å². The minimum atomic E-state index is 0.277. The summed E-state index contributed by atoms with van der Waals surface area (Å²) in [7, 11) is 0. The summed E-state index contributed by atoms with van der Waals surface area (Å²) in [5.41, 5.74) is 1.54. The summed E-state index contributed by atoms with van der Waals surface area (Å²) in [6, 6.07) is 0. The van der Waals surface area contributed by atoms with Crippen LogP contribution in [0.15, 0.2) is 11.6 Å². The van der Waals surface area contributed by atoms with Crippen molar-refractivity contribution in [3.05, 3.63) is 11.6 Å². The maximum atomic E-state index is 4.74. The second-order valence-electron chi connectivity index (χ2n) is 4.01. The van der Waals surface area contributed by atoms with E-state index in [4.69, 9.17) is 12.6 Å². The van der Waals surface area contributed by atoms with Gasteiger partial charge in [0.15, 0.2) is 0 Å². The lowest BCUT2D eigenvalue weighted by Crippen LogP contribution is -2.30. The highest BCUT2D eigenvalue weighted by atomic mass is 32.1. The van der Waals surface area contributed by atoms with Gasteiger partial charge in [0.05, 0.1) is 0 Å². The molecule has 1 heteroatoms. The molecule has 0 nitrogen and oxygen atoms in total. The lowest BCUT2D eigenvalue weighted by Gasteiger charge is -2.35. The van der Waals surface area contributed by atoms with E-state index in [1.807, 2.05) is 0 Å². The Hall–Kier alpha value is 0.0900. The van der Waals surface area contributed by atoms with Crippen molar-refractivity contribution in [2.24, 2.45) is 5.92 Å². The Balaban J connectivity index is 2.64. The van der Waals surface area contributed by atoms with Crippen LogP contribution in [0.4, 0.5) is 0 Å². The molecule has 1 aliphatic rings. The molecule has 0 amide bonds. The summed E-state index contributed by atoms with van der Waals surface area (Å²) in [5.74, 6) is 0.690. The summed E-state index contributed by atoms with van der Waals surface area (Å²) < 4.78 is 0.277. The van der Waals surface area contributed by atoms with Gasteiger partial charge in [-0.15, -0.1) is 0 Å². The Labute approximate surface area is 75.5 Å². The number of rotatable bonds is 1. The van der Waals surface area contributed by atoms with Crippen LogP contribution in [0.1, 0.15) is 40.0 Å². The topological polar surface area (TPSA) is 0 Å². The number of thiol groups is 1. The monoisotopic (exact) mass is 170 g/mol. The van der Waals surface area contributed by atoms with Crippen LogP contribution >= 0.6 is 12.6 Å². The Morgan fingerprint density at radius 3 is 2.55 bits per heavy atom. The maximum Gasteiger partial charge on any atom is 0.0190 e. The average Bonchev–Trinajstić information content (AvgIpc) is 1.95. The molecule has 0 N–H and O–H groups in total. The van der Waals surface area contributed by atoms with Gasteiger partial charge in [0, 0.05) is 4.75 Å². The first-order valence-electron chi connectivity index (χ1n) is 4.42. The minimum absolute atomic E-state index is 0.277. The van der Waals surface area contributed by atoms with Gasteiger partial charge < -0.3 is 0 Å². The molecule has 0 aromatic rings. The third-order valence-corrected chi connectivity index (χ3v) is 3.75. The minimum Gasteiger partial charge on any atom is -0.172 e. The molecular formula is C10H18S. The quantitative estimate of drug-likeness (QED) is 0.452. The Morgan fingerprint density at radius 2 is 2.18 bits per heavy atom. The molecule has 1 aliphatic carbocycles. The van der Waals surface area contributed by atoms with Gasteiger partial charge in [0.2, 0.25) is 0 Å². The summed E-state index contributed by atoms with van der Waals surface area (Å²) in [6.07, 6.45) is 5.98. The number of hydrogen-bond donors (Lipinski definition) is 1. The van der Waals surface area contributed by atoms with E-state index >= 15 is 0 Å². The Kier molecular flexibility index (Phi) is 2.69. The zero-order valence-corrected chi connectivity index (χ0v) is 8.62. The molecule has 0 unspecified atom stereocenters. The van der Waals surface area contributed by atoms with E-state index in [0.29, 0.717) is 5.92 Å². The van der Waals surface area contributed by atoms with Gasteiger partial charge in [-0.2, -0.15) is 12.6 Å². The molecule has 1 rings (SSSR count). The highest BCUT2D eigenvalue weighted by molar-refractivity contribution is 7.81. The van der Waals surface area contributed by atoms with E-state index in [9.17, 15) is 0 Å². The van der Waals surface area contributed by atoms with Crippen LogP contribution in [0, 0.1) is 5.92 Å². The number of allylic oxidation sites excluding steroid dienone is 2. The Bertz CT molecular complexity index is 170. The molecular weight excluding hydrogens is 152 g/mol. The van der Waals surface area contributed by atoms with Gasteiger partial charge in [-0.3, -0.25) is 0 Å². The van der Waals surface area contributed by atoms with E-state index in [1.54, 1.807) is 0 Å². The molecule has 0 bridgehead atoms. The first-order valence-corrected chi connectivity index (χ1v) is 4.87. The van der Waals surface area contributed by atoms with Gasteiger partial charge in [-0.1, -0.05) is 25.5 Å². The van der Waals surface area contributed by atoms with Crippen LogP contribution in [-0.4, -0.2) is 4.75 Å². The Morgan fingerprint density at radius 1 is 1.55 bits per heavy atom. The number of hydrogen-bond acceptors (Lipinski definition) is 1. The second-order valence-corrected chi connectivity index (χ2v) is 4.90. The van der Waals surface area contributed by atoms with Crippen LogP contribution in [0.5, 0.6) is 0 Å². The SMILES string of the molecule is CC1=CC[C@](S)(C(C)C)CC1. The van der Waals surface area contributed by atoms with E-state index in [1.165, 1.54) is 18.4 Å². The van der Waals surface area contributed by atoms with Crippen LogP contribution in [0.2, 0.25) is 0 Å². The fourth-order valence-electron chi connectivity index (χ4n) is 1.49. The van der Waals surface area contributed by atoms with Crippen molar-refractivity contribution in [3.63, 3.8) is 0 Å². The molecule has 0 aromatic heterocycles. The zero-order chi connectivity index (χ0) is 8.48. The maximum absolute atomic E-state index is 4.74. The predicted octanol–water partition coefficient (Wildman–Crippen LogP) is 3.44. The molecule has 0 aliphatic heterocycles. The van der Waals surface area contributed by atoms with Crippen molar-refractivity contribution in [1.29, 1.82) is 0 Å². The van der Waals surface area contributed by atoms with Crippen molar-refractivity contribution < 1.29 is 0 Å². The summed E-state index contributed by atoms with van der Waals surface area (Å²) in [6.45, 7) is 6.75. The van der Waals surface area contributed by atoms with Gasteiger partial charge in [-0.25, -0.2) is 0 Å². The predicted molar refractivity (Wildman–Crippen MR) is 54.2 cm³/mol. The van der Waals surface area contributed by atoms with Crippen molar-refractivity contribution >= 4 is 12.6 Å². The highest BCUT2D eigenvalue weighted by Crippen LogP contribution is 2.38. The summed E-state index contributed by atoms with van der Waals surface area (Å²) in [4.78, 5) is 0. The first kappa shape index (κ1) is 9.18. The van der Waals surface area contributed by atoms with Crippen LogP contribution in [0.3, 0.4) is 0 Å². The molecule has 0 saturated carbocycles. The van der Waals surface area contributed by atoms with Crippen LogP contribution in [-0.2, 0) is 0 Å². The van der Waals surface area contributed by atoms with E-state index in [0.717, 1.165) is 6.42 Å². The highest BCUT2D eigenvalue weighted by Gasteiger charge is 2.30. The van der Waals surface area contributed by atoms with Crippen LogP contribution in [0.25, 0.3) is 0 Å². The van der Waals surface area contributed by atoms with E-state index in [2.05, 4.69) is 26.8 Å². The van der Waals surface area contributed by atoms with Crippen molar-refractivity contribution in [1.82, 2.24) is 0 Å². The molecule has 1 atom stereocenters. The molecule has 0 heterocycles. The fraction of sp³-hybridized carbons (Fsp3) is 0.800. The summed E-state index contributed by atoms with van der Waals surface area (Å²) in [5, 5.41) is 0. The third-order valence-electron chi connectivity index (χ3n) is 2.83. The van der Waals surface area contributed by atoms with Crippen molar-refractivity contribution in [3.8, 4) is 0 Å². The van der Waals surface area contributed by atoms with Crippen LogP contribution < -0.4 is 0 Å². The second kappa shape index (κ2) is 3.22. The molecule has 0 radical (unpaired) electrons. The normalized spacial score (nSPS) is 32.3. The first-order chi connectivity index (χ1) is 5.04. The van der Waals surface area contributed by atoms with E-state index < -0.39 is 0 Å². The smallest absolute Gasteiger partial charge is 0.0190 e. The summed E-state index contributed by atoms with van der Waals surface area (Å²) >= 11 is 4.74. The van der Waals surface area contributed by atoms with Gasteiger partial charge >= 0.3 is 0 Å². The van der Waals surface area contributed by atoms with E-state index in [-0.39, 0.29) is 4.75 Å².